The van der Waals surface area contributed by atoms with E-state index in [0.717, 1.165) is 32.1 Å². The molecule has 2 aliphatic carbocycles. The smallest absolute Gasteiger partial charge is 0.312 e. The van der Waals surface area contributed by atoms with E-state index in [1.54, 1.807) is 0 Å². The summed E-state index contributed by atoms with van der Waals surface area (Å²) in [5.41, 5.74) is -1.04. The van der Waals surface area contributed by atoms with Gasteiger partial charge in [0.25, 0.3) is 0 Å². The Morgan fingerprint density at radius 3 is 2.57 bits per heavy atom. The lowest BCUT2D eigenvalue weighted by molar-refractivity contribution is -0.179. The van der Waals surface area contributed by atoms with Gasteiger partial charge >= 0.3 is 11.9 Å². The van der Waals surface area contributed by atoms with Gasteiger partial charge in [-0.2, -0.15) is 0 Å². The Morgan fingerprint density at radius 2 is 1.96 bits per heavy atom. The molecule has 23 heavy (non-hydrogen) atoms. The molecule has 0 N–H and O–H groups in total. The SMILES string of the molecule is CCCC(C)(CC)C(=O)OC(C)(C)C1C2CC3OC(=O)C1C3C2. The molecule has 0 aromatic carbocycles. The molecule has 130 valence electrons. The number of carbonyl (C=O) groups excluding carboxylic acids is 2. The lowest BCUT2D eigenvalue weighted by atomic mass is 9.71. The van der Waals surface area contributed by atoms with Crippen molar-refractivity contribution >= 4 is 11.9 Å². The second-order valence-corrected chi connectivity index (χ2v) is 8.58. The van der Waals surface area contributed by atoms with Crippen LogP contribution in [0, 0.1) is 29.1 Å². The maximum atomic E-state index is 12.8. The highest BCUT2D eigenvalue weighted by atomic mass is 16.6. The van der Waals surface area contributed by atoms with Crippen molar-refractivity contribution in [1.29, 1.82) is 0 Å². The first-order valence-corrected chi connectivity index (χ1v) is 9.17. The standard InChI is InChI=1S/C19H30O4/c1-6-8-19(5,7-2)17(21)23-18(3,4)15-11-9-12-13(10-11)22-16(20)14(12)15/h11-15H,6-10H2,1-5H3. The second-order valence-electron chi connectivity index (χ2n) is 8.58. The molecule has 1 saturated heterocycles. The van der Waals surface area contributed by atoms with Gasteiger partial charge in [-0.25, -0.2) is 0 Å². The van der Waals surface area contributed by atoms with Gasteiger partial charge in [-0.15, -0.1) is 0 Å². The Morgan fingerprint density at radius 1 is 1.26 bits per heavy atom. The average Bonchev–Trinajstić information content (AvgIpc) is 3.08. The molecule has 0 aromatic rings. The van der Waals surface area contributed by atoms with Crippen molar-refractivity contribution in [2.24, 2.45) is 29.1 Å². The quantitative estimate of drug-likeness (QED) is 0.699. The van der Waals surface area contributed by atoms with Crippen LogP contribution in [0.2, 0.25) is 0 Å². The molecule has 1 aliphatic heterocycles. The summed E-state index contributed by atoms with van der Waals surface area (Å²) in [5.74, 6) is 0.650. The average molecular weight is 322 g/mol. The molecular weight excluding hydrogens is 292 g/mol. The van der Waals surface area contributed by atoms with Crippen LogP contribution < -0.4 is 0 Å². The van der Waals surface area contributed by atoms with Crippen molar-refractivity contribution in [2.45, 2.75) is 78.4 Å². The van der Waals surface area contributed by atoms with Crippen LogP contribution in [0.25, 0.3) is 0 Å². The Bertz CT molecular complexity index is 509. The normalized spacial score (nSPS) is 37.6. The summed E-state index contributed by atoms with van der Waals surface area (Å²) in [6, 6.07) is 0. The van der Waals surface area contributed by atoms with Crippen molar-refractivity contribution in [2.75, 3.05) is 0 Å². The highest BCUT2D eigenvalue weighted by molar-refractivity contribution is 5.78. The van der Waals surface area contributed by atoms with Gasteiger partial charge in [-0.05, 0) is 52.4 Å². The molecule has 6 unspecified atom stereocenters. The van der Waals surface area contributed by atoms with Gasteiger partial charge in [-0.3, -0.25) is 9.59 Å². The number of ether oxygens (including phenoxy) is 2. The number of hydrogen-bond donors (Lipinski definition) is 0. The zero-order valence-electron chi connectivity index (χ0n) is 15.1. The van der Waals surface area contributed by atoms with Crippen LogP contribution in [-0.2, 0) is 19.1 Å². The van der Waals surface area contributed by atoms with E-state index in [0.29, 0.717) is 11.8 Å². The zero-order chi connectivity index (χ0) is 17.0. The summed E-state index contributed by atoms with van der Waals surface area (Å²) in [4.78, 5) is 25.0. The fourth-order valence-electron chi connectivity index (χ4n) is 5.39. The zero-order valence-corrected chi connectivity index (χ0v) is 15.1. The fourth-order valence-corrected chi connectivity index (χ4v) is 5.39. The predicted molar refractivity (Wildman–Crippen MR) is 86.6 cm³/mol. The first kappa shape index (κ1) is 16.8. The maximum absolute atomic E-state index is 12.8. The number of esters is 2. The molecular formula is C19H30O4. The van der Waals surface area contributed by atoms with E-state index in [2.05, 4.69) is 6.92 Å². The third kappa shape index (κ3) is 2.49. The third-order valence-electron chi connectivity index (χ3n) is 6.72. The number of carbonyl (C=O) groups is 2. The van der Waals surface area contributed by atoms with Crippen molar-refractivity contribution in [3.63, 3.8) is 0 Å². The molecule has 0 aromatic heterocycles. The minimum Gasteiger partial charge on any atom is -0.462 e. The Labute approximate surface area is 139 Å². The van der Waals surface area contributed by atoms with E-state index >= 15 is 0 Å². The largest absolute Gasteiger partial charge is 0.462 e. The summed E-state index contributed by atoms with van der Waals surface area (Å²) in [6.07, 6.45) is 4.69. The van der Waals surface area contributed by atoms with Crippen molar-refractivity contribution in [1.82, 2.24) is 0 Å². The third-order valence-corrected chi connectivity index (χ3v) is 6.72. The van der Waals surface area contributed by atoms with Gasteiger partial charge in [0.2, 0.25) is 0 Å². The minimum atomic E-state index is -0.611. The first-order valence-electron chi connectivity index (χ1n) is 9.17. The van der Waals surface area contributed by atoms with Gasteiger partial charge < -0.3 is 9.47 Å². The van der Waals surface area contributed by atoms with Crippen LogP contribution in [0.1, 0.15) is 66.7 Å². The van der Waals surface area contributed by atoms with Crippen molar-refractivity contribution < 1.29 is 19.1 Å². The number of hydrogen-bond acceptors (Lipinski definition) is 4. The summed E-state index contributed by atoms with van der Waals surface area (Å²) in [7, 11) is 0. The van der Waals surface area contributed by atoms with Crippen molar-refractivity contribution in [3.8, 4) is 0 Å². The molecule has 3 rings (SSSR count). The minimum absolute atomic E-state index is 0.0686. The van der Waals surface area contributed by atoms with E-state index in [9.17, 15) is 9.59 Å². The van der Waals surface area contributed by atoms with Crippen LogP contribution in [0.5, 0.6) is 0 Å². The van der Waals surface area contributed by atoms with Crippen LogP contribution in [0.15, 0.2) is 0 Å². The van der Waals surface area contributed by atoms with E-state index < -0.39 is 11.0 Å². The monoisotopic (exact) mass is 322 g/mol. The predicted octanol–water partition coefficient (Wildman–Crippen LogP) is 3.72. The van der Waals surface area contributed by atoms with Crippen LogP contribution in [-0.4, -0.2) is 23.6 Å². The van der Waals surface area contributed by atoms with Gasteiger partial charge in [0.05, 0.1) is 11.3 Å². The molecule has 2 saturated carbocycles. The molecule has 1 heterocycles. The molecule has 2 bridgehead atoms. The Kier molecular flexibility index (Phi) is 4.01. The number of fused-ring (bicyclic) bond motifs is 1. The summed E-state index contributed by atoms with van der Waals surface area (Å²) in [5, 5.41) is 0. The summed E-state index contributed by atoms with van der Waals surface area (Å²) >= 11 is 0. The van der Waals surface area contributed by atoms with E-state index in [-0.39, 0.29) is 29.9 Å². The fraction of sp³-hybridized carbons (Fsp3) is 0.895. The molecule has 3 aliphatic rings. The van der Waals surface area contributed by atoms with E-state index in [1.807, 2.05) is 27.7 Å². The molecule has 0 amide bonds. The van der Waals surface area contributed by atoms with Gasteiger partial charge in [0, 0.05) is 11.8 Å². The Balaban J connectivity index is 1.77. The molecule has 6 atom stereocenters. The lowest BCUT2D eigenvalue weighted by Crippen LogP contribution is -2.47. The molecule has 0 radical (unpaired) electrons. The summed E-state index contributed by atoms with van der Waals surface area (Å²) < 4.78 is 11.6. The van der Waals surface area contributed by atoms with Crippen molar-refractivity contribution in [3.05, 3.63) is 0 Å². The van der Waals surface area contributed by atoms with Crippen LogP contribution >= 0.6 is 0 Å². The van der Waals surface area contributed by atoms with Gasteiger partial charge in [-0.1, -0.05) is 20.3 Å². The first-order chi connectivity index (χ1) is 10.7. The molecule has 0 spiro atoms. The van der Waals surface area contributed by atoms with E-state index in [4.69, 9.17) is 9.47 Å². The second kappa shape index (κ2) is 5.49. The number of rotatable bonds is 6. The highest BCUT2D eigenvalue weighted by Crippen LogP contribution is 2.61. The highest BCUT2D eigenvalue weighted by Gasteiger charge is 2.66. The van der Waals surface area contributed by atoms with E-state index in [1.165, 1.54) is 0 Å². The summed E-state index contributed by atoms with van der Waals surface area (Å²) in [6.45, 7) is 10.1. The maximum Gasteiger partial charge on any atom is 0.312 e. The molecule has 4 nitrogen and oxygen atoms in total. The van der Waals surface area contributed by atoms with Crippen LogP contribution in [0.3, 0.4) is 0 Å². The molecule has 3 fully saturated rings. The van der Waals surface area contributed by atoms with Crippen LogP contribution in [0.4, 0.5) is 0 Å². The topological polar surface area (TPSA) is 52.6 Å². The Hall–Kier alpha value is -1.06. The molecule has 4 heteroatoms. The van der Waals surface area contributed by atoms with Gasteiger partial charge in [0.15, 0.2) is 0 Å². The van der Waals surface area contributed by atoms with Gasteiger partial charge in [0.1, 0.15) is 11.7 Å². The lowest BCUT2D eigenvalue weighted by Gasteiger charge is -2.40.